The van der Waals surface area contributed by atoms with Crippen LogP contribution in [0, 0.1) is 6.92 Å². The van der Waals surface area contributed by atoms with E-state index in [-0.39, 0.29) is 0 Å². The number of nitrogens with zero attached hydrogens (tertiary/aromatic N) is 1. The van der Waals surface area contributed by atoms with Gasteiger partial charge in [0, 0.05) is 32.1 Å². The molecule has 0 bridgehead atoms. The van der Waals surface area contributed by atoms with Crippen LogP contribution in [0.3, 0.4) is 0 Å². The summed E-state index contributed by atoms with van der Waals surface area (Å²) in [6.07, 6.45) is 2.61. The van der Waals surface area contributed by atoms with E-state index < -0.39 is 0 Å². The molecule has 3 nitrogen and oxygen atoms in total. The van der Waals surface area contributed by atoms with Gasteiger partial charge in [0.05, 0.1) is 0 Å². The first-order chi connectivity index (χ1) is 9.15. The number of aryl methyl sites for hydroxylation is 2. The van der Waals surface area contributed by atoms with Crippen LogP contribution in [0.4, 0.5) is 0 Å². The molecule has 1 aliphatic rings. The molecular formula is C16H24N2O. The van der Waals surface area contributed by atoms with Crippen molar-refractivity contribution in [3.63, 3.8) is 0 Å². The van der Waals surface area contributed by atoms with Crippen molar-refractivity contribution in [3.8, 4) is 0 Å². The van der Waals surface area contributed by atoms with E-state index in [1.54, 1.807) is 0 Å². The SMILES string of the molecule is Cc1cccc(CCCC(=O)N2CCNC(C)C2)c1. The predicted octanol–water partition coefficient (Wildman–Crippen LogP) is 2.14. The van der Waals surface area contributed by atoms with E-state index in [1.165, 1.54) is 11.1 Å². The Morgan fingerprint density at radius 1 is 1.47 bits per heavy atom. The molecule has 1 saturated heterocycles. The molecule has 1 fully saturated rings. The first kappa shape index (κ1) is 14.1. The van der Waals surface area contributed by atoms with Gasteiger partial charge < -0.3 is 10.2 Å². The first-order valence-corrected chi connectivity index (χ1v) is 7.22. The summed E-state index contributed by atoms with van der Waals surface area (Å²) in [5.74, 6) is 0.306. The fraction of sp³-hybridized carbons (Fsp3) is 0.562. The standard InChI is InChI=1S/C16H24N2O/c1-13-5-3-6-15(11-13)7-4-8-16(19)18-10-9-17-14(2)12-18/h3,5-6,11,14,17H,4,7-10,12H2,1-2H3. The molecular weight excluding hydrogens is 236 g/mol. The maximum atomic E-state index is 12.1. The fourth-order valence-electron chi connectivity index (χ4n) is 2.63. The highest BCUT2D eigenvalue weighted by molar-refractivity contribution is 5.76. The number of carbonyl (C=O) groups excluding carboxylic acids is 1. The van der Waals surface area contributed by atoms with E-state index in [4.69, 9.17) is 0 Å². The van der Waals surface area contributed by atoms with Crippen LogP contribution in [0.25, 0.3) is 0 Å². The summed E-state index contributed by atoms with van der Waals surface area (Å²) >= 11 is 0. The monoisotopic (exact) mass is 260 g/mol. The highest BCUT2D eigenvalue weighted by Crippen LogP contribution is 2.10. The van der Waals surface area contributed by atoms with Crippen molar-refractivity contribution in [2.75, 3.05) is 19.6 Å². The Morgan fingerprint density at radius 3 is 3.05 bits per heavy atom. The zero-order valence-corrected chi connectivity index (χ0v) is 12.0. The number of hydrogen-bond acceptors (Lipinski definition) is 2. The van der Waals surface area contributed by atoms with E-state index in [0.717, 1.165) is 32.5 Å². The number of amides is 1. The molecule has 1 N–H and O–H groups in total. The molecule has 1 heterocycles. The summed E-state index contributed by atoms with van der Waals surface area (Å²) in [7, 11) is 0. The van der Waals surface area contributed by atoms with E-state index >= 15 is 0 Å². The van der Waals surface area contributed by atoms with Gasteiger partial charge in [-0.05, 0) is 32.3 Å². The molecule has 19 heavy (non-hydrogen) atoms. The summed E-state index contributed by atoms with van der Waals surface area (Å²) in [4.78, 5) is 14.1. The molecule has 1 aromatic rings. The Labute approximate surface area is 116 Å². The number of rotatable bonds is 4. The van der Waals surface area contributed by atoms with Gasteiger partial charge in [-0.3, -0.25) is 4.79 Å². The van der Waals surface area contributed by atoms with Crippen molar-refractivity contribution in [3.05, 3.63) is 35.4 Å². The number of carbonyl (C=O) groups is 1. The Balaban J connectivity index is 1.74. The quantitative estimate of drug-likeness (QED) is 0.899. The summed E-state index contributed by atoms with van der Waals surface area (Å²) < 4.78 is 0. The lowest BCUT2D eigenvalue weighted by Crippen LogP contribution is -2.51. The number of piperazine rings is 1. The van der Waals surface area contributed by atoms with Crippen LogP contribution in [0.1, 0.15) is 30.9 Å². The van der Waals surface area contributed by atoms with Gasteiger partial charge in [-0.25, -0.2) is 0 Å². The molecule has 0 aliphatic carbocycles. The normalized spacial score (nSPS) is 19.5. The minimum atomic E-state index is 0.306. The molecule has 1 amide bonds. The smallest absolute Gasteiger partial charge is 0.222 e. The minimum Gasteiger partial charge on any atom is -0.340 e. The lowest BCUT2D eigenvalue weighted by atomic mass is 10.1. The Bertz CT molecular complexity index is 431. The van der Waals surface area contributed by atoms with Gasteiger partial charge in [0.15, 0.2) is 0 Å². The molecule has 1 atom stereocenters. The highest BCUT2D eigenvalue weighted by atomic mass is 16.2. The molecule has 2 rings (SSSR count). The third-order valence-electron chi connectivity index (χ3n) is 3.66. The van der Waals surface area contributed by atoms with Crippen molar-refractivity contribution in [1.29, 1.82) is 0 Å². The van der Waals surface area contributed by atoms with Gasteiger partial charge in [-0.2, -0.15) is 0 Å². The van der Waals surface area contributed by atoms with Crippen molar-refractivity contribution >= 4 is 5.91 Å². The fourth-order valence-corrected chi connectivity index (χ4v) is 2.63. The van der Waals surface area contributed by atoms with E-state index in [0.29, 0.717) is 18.4 Å². The molecule has 0 radical (unpaired) electrons. The Morgan fingerprint density at radius 2 is 2.32 bits per heavy atom. The van der Waals surface area contributed by atoms with Gasteiger partial charge in [0.1, 0.15) is 0 Å². The van der Waals surface area contributed by atoms with Crippen molar-refractivity contribution in [1.82, 2.24) is 10.2 Å². The van der Waals surface area contributed by atoms with Gasteiger partial charge >= 0.3 is 0 Å². The number of nitrogens with one attached hydrogen (secondary N) is 1. The second-order valence-corrected chi connectivity index (χ2v) is 5.54. The summed E-state index contributed by atoms with van der Waals surface area (Å²) in [5, 5.41) is 3.36. The lowest BCUT2D eigenvalue weighted by molar-refractivity contribution is -0.132. The van der Waals surface area contributed by atoms with Crippen molar-refractivity contribution < 1.29 is 4.79 Å². The molecule has 0 saturated carbocycles. The van der Waals surface area contributed by atoms with Crippen LogP contribution in [0.15, 0.2) is 24.3 Å². The third kappa shape index (κ3) is 4.35. The third-order valence-corrected chi connectivity index (χ3v) is 3.66. The number of benzene rings is 1. The second kappa shape index (κ2) is 6.71. The van der Waals surface area contributed by atoms with Crippen LogP contribution in [0.5, 0.6) is 0 Å². The second-order valence-electron chi connectivity index (χ2n) is 5.54. The first-order valence-electron chi connectivity index (χ1n) is 7.22. The van der Waals surface area contributed by atoms with Gasteiger partial charge in [-0.15, -0.1) is 0 Å². The van der Waals surface area contributed by atoms with Gasteiger partial charge in [-0.1, -0.05) is 29.8 Å². The Kier molecular flexibility index (Phi) is 4.97. The maximum absolute atomic E-state index is 12.1. The zero-order chi connectivity index (χ0) is 13.7. The predicted molar refractivity (Wildman–Crippen MR) is 78.2 cm³/mol. The van der Waals surface area contributed by atoms with Gasteiger partial charge in [0.25, 0.3) is 0 Å². The highest BCUT2D eigenvalue weighted by Gasteiger charge is 2.19. The molecule has 0 aromatic heterocycles. The molecule has 1 aliphatic heterocycles. The zero-order valence-electron chi connectivity index (χ0n) is 12.0. The van der Waals surface area contributed by atoms with Crippen LogP contribution in [-0.4, -0.2) is 36.5 Å². The molecule has 1 aromatic carbocycles. The van der Waals surface area contributed by atoms with Crippen molar-refractivity contribution in [2.45, 2.75) is 39.2 Å². The minimum absolute atomic E-state index is 0.306. The maximum Gasteiger partial charge on any atom is 0.222 e. The molecule has 104 valence electrons. The van der Waals surface area contributed by atoms with Crippen LogP contribution < -0.4 is 5.32 Å². The summed E-state index contributed by atoms with van der Waals surface area (Å²) in [6.45, 7) is 6.87. The topological polar surface area (TPSA) is 32.3 Å². The van der Waals surface area contributed by atoms with Crippen LogP contribution in [0.2, 0.25) is 0 Å². The molecule has 0 spiro atoms. The average molecular weight is 260 g/mol. The van der Waals surface area contributed by atoms with Crippen LogP contribution in [-0.2, 0) is 11.2 Å². The summed E-state index contributed by atoms with van der Waals surface area (Å²) in [5.41, 5.74) is 2.63. The van der Waals surface area contributed by atoms with Gasteiger partial charge in [0.2, 0.25) is 5.91 Å². The summed E-state index contributed by atoms with van der Waals surface area (Å²) in [6, 6.07) is 8.97. The Hall–Kier alpha value is -1.35. The largest absolute Gasteiger partial charge is 0.340 e. The van der Waals surface area contributed by atoms with E-state index in [2.05, 4.69) is 43.4 Å². The number of hydrogen-bond donors (Lipinski definition) is 1. The molecule has 1 unspecified atom stereocenters. The lowest BCUT2D eigenvalue weighted by Gasteiger charge is -2.32. The van der Waals surface area contributed by atoms with E-state index in [1.807, 2.05) is 4.90 Å². The average Bonchev–Trinajstić information content (AvgIpc) is 2.38. The van der Waals surface area contributed by atoms with Crippen LogP contribution >= 0.6 is 0 Å². The van der Waals surface area contributed by atoms with Crippen molar-refractivity contribution in [2.24, 2.45) is 0 Å². The van der Waals surface area contributed by atoms with E-state index in [9.17, 15) is 4.79 Å². The molecule has 3 heteroatoms.